The van der Waals surface area contributed by atoms with Crippen LogP contribution in [0.5, 0.6) is 0 Å². The minimum Gasteiger partial charge on any atom is -0.385 e. The fourth-order valence-electron chi connectivity index (χ4n) is 4.54. The number of hydrogen-bond donors (Lipinski definition) is 2. The molecule has 4 rings (SSSR count). The predicted octanol–water partition coefficient (Wildman–Crippen LogP) is 2.28. The summed E-state index contributed by atoms with van der Waals surface area (Å²) in [4.78, 5) is 19.6. The van der Waals surface area contributed by atoms with Gasteiger partial charge in [-0.15, -0.1) is 0 Å². The first-order chi connectivity index (χ1) is 14.3. The van der Waals surface area contributed by atoms with E-state index in [1.807, 2.05) is 13.8 Å². The summed E-state index contributed by atoms with van der Waals surface area (Å²) >= 11 is 1.23. The fourth-order valence-corrected chi connectivity index (χ4v) is 5.48. The van der Waals surface area contributed by atoms with Crippen molar-refractivity contribution in [2.45, 2.75) is 55.8 Å². The van der Waals surface area contributed by atoms with Gasteiger partial charge >= 0.3 is 0 Å². The highest BCUT2D eigenvalue weighted by molar-refractivity contribution is 7.99. The minimum atomic E-state index is -0.988. The van der Waals surface area contributed by atoms with Gasteiger partial charge < -0.3 is 15.1 Å². The van der Waals surface area contributed by atoms with Crippen molar-refractivity contribution in [1.29, 1.82) is 0 Å². The molecule has 3 heterocycles. The third-order valence-electron chi connectivity index (χ3n) is 6.50. The lowest BCUT2D eigenvalue weighted by Crippen LogP contribution is -2.43. The number of nitrogens with zero attached hydrogens (tertiary/aromatic N) is 3. The number of aliphatic hydroxyl groups is 2. The SMILES string of the molecule is Cc1nc2n(c(=O)c1CCN1CCC(C(C)(O)c3ccc(F)cc3)CC1)CC(O)S2. The number of aryl methyl sites for hydroxylation is 1. The summed E-state index contributed by atoms with van der Waals surface area (Å²) in [6.07, 6.45) is 2.30. The molecule has 2 atom stereocenters. The first-order valence-corrected chi connectivity index (χ1v) is 11.3. The van der Waals surface area contributed by atoms with Crippen molar-refractivity contribution in [1.82, 2.24) is 14.5 Å². The zero-order valence-corrected chi connectivity index (χ0v) is 18.2. The van der Waals surface area contributed by atoms with Crippen LogP contribution in [0.15, 0.2) is 34.2 Å². The van der Waals surface area contributed by atoms with Gasteiger partial charge in [-0.2, -0.15) is 0 Å². The number of hydrogen-bond acceptors (Lipinski definition) is 6. The third kappa shape index (κ3) is 4.19. The van der Waals surface area contributed by atoms with Crippen LogP contribution in [0.1, 0.15) is 36.6 Å². The molecule has 0 radical (unpaired) electrons. The molecule has 1 aromatic carbocycles. The second-order valence-corrected chi connectivity index (χ2v) is 9.61. The minimum absolute atomic E-state index is 0.0457. The van der Waals surface area contributed by atoms with Gasteiger partial charge in [0.25, 0.3) is 5.56 Å². The maximum absolute atomic E-state index is 13.2. The maximum atomic E-state index is 13.2. The van der Waals surface area contributed by atoms with E-state index in [2.05, 4.69) is 9.88 Å². The molecule has 30 heavy (non-hydrogen) atoms. The van der Waals surface area contributed by atoms with Gasteiger partial charge in [0.05, 0.1) is 12.1 Å². The molecule has 6 nitrogen and oxygen atoms in total. The summed E-state index contributed by atoms with van der Waals surface area (Å²) < 4.78 is 14.8. The zero-order valence-electron chi connectivity index (χ0n) is 17.3. The summed E-state index contributed by atoms with van der Waals surface area (Å²) in [5, 5.41) is 21.5. The molecule has 2 aromatic rings. The van der Waals surface area contributed by atoms with Crippen molar-refractivity contribution in [3.8, 4) is 0 Å². The molecule has 1 aromatic heterocycles. The smallest absolute Gasteiger partial charge is 0.257 e. The topological polar surface area (TPSA) is 78.6 Å². The highest BCUT2D eigenvalue weighted by atomic mass is 32.2. The van der Waals surface area contributed by atoms with E-state index in [0.29, 0.717) is 23.7 Å². The van der Waals surface area contributed by atoms with Crippen molar-refractivity contribution in [2.24, 2.45) is 5.92 Å². The van der Waals surface area contributed by atoms with Gasteiger partial charge in [-0.1, -0.05) is 23.9 Å². The van der Waals surface area contributed by atoms with Crippen LogP contribution < -0.4 is 5.56 Å². The Hall–Kier alpha value is -1.74. The van der Waals surface area contributed by atoms with Crippen molar-refractivity contribution in [2.75, 3.05) is 19.6 Å². The average Bonchev–Trinajstić information content (AvgIpc) is 3.09. The number of rotatable bonds is 5. The van der Waals surface area contributed by atoms with Gasteiger partial charge in [-0.3, -0.25) is 9.36 Å². The number of piperidine rings is 1. The van der Waals surface area contributed by atoms with Crippen molar-refractivity contribution >= 4 is 11.8 Å². The summed E-state index contributed by atoms with van der Waals surface area (Å²) in [5.74, 6) is -0.198. The Morgan fingerprint density at radius 3 is 2.60 bits per heavy atom. The van der Waals surface area contributed by atoms with E-state index in [4.69, 9.17) is 0 Å². The predicted molar refractivity (Wildman–Crippen MR) is 114 cm³/mol. The van der Waals surface area contributed by atoms with Gasteiger partial charge in [0.1, 0.15) is 11.3 Å². The number of aliphatic hydroxyl groups excluding tert-OH is 1. The molecular weight excluding hydrogens is 405 g/mol. The molecule has 162 valence electrons. The standard InChI is InChI=1S/C22H28FN3O3S/c1-14-18(20(28)26-13-19(27)30-21(26)24-14)9-12-25-10-7-16(8-11-25)22(2,29)15-3-5-17(23)6-4-15/h3-6,16,19,27,29H,7-13H2,1-2H3. The molecular formula is C22H28FN3O3S. The summed E-state index contributed by atoms with van der Waals surface area (Å²) in [6, 6.07) is 6.10. The second kappa shape index (κ2) is 8.42. The highest BCUT2D eigenvalue weighted by Crippen LogP contribution is 2.36. The largest absolute Gasteiger partial charge is 0.385 e. The van der Waals surface area contributed by atoms with E-state index in [1.165, 1.54) is 23.9 Å². The molecule has 2 unspecified atom stereocenters. The molecule has 1 fully saturated rings. The maximum Gasteiger partial charge on any atom is 0.257 e. The second-order valence-electron chi connectivity index (χ2n) is 8.47. The average molecular weight is 434 g/mol. The number of fused-ring (bicyclic) bond motifs is 1. The van der Waals surface area contributed by atoms with Gasteiger partial charge in [-0.25, -0.2) is 9.37 Å². The monoisotopic (exact) mass is 433 g/mol. The lowest BCUT2D eigenvalue weighted by atomic mass is 9.77. The Labute approximate surface area is 179 Å². The summed E-state index contributed by atoms with van der Waals surface area (Å²) in [6.45, 7) is 6.41. The lowest BCUT2D eigenvalue weighted by molar-refractivity contribution is -0.0328. The Kier molecular flexibility index (Phi) is 6.03. The third-order valence-corrected chi connectivity index (χ3v) is 7.45. The Bertz CT molecular complexity index is 969. The first kappa shape index (κ1) is 21.5. The number of halogens is 1. The molecule has 0 amide bonds. The van der Waals surface area contributed by atoms with E-state index >= 15 is 0 Å². The molecule has 2 aliphatic rings. The van der Waals surface area contributed by atoms with Gasteiger partial charge in [0, 0.05) is 17.8 Å². The first-order valence-electron chi connectivity index (χ1n) is 10.4. The summed E-state index contributed by atoms with van der Waals surface area (Å²) in [5.41, 5.74) is 0.562. The van der Waals surface area contributed by atoms with Crippen LogP contribution in [0.25, 0.3) is 0 Å². The molecule has 2 aliphatic heterocycles. The van der Waals surface area contributed by atoms with Gasteiger partial charge in [0.2, 0.25) is 0 Å². The fraction of sp³-hybridized carbons (Fsp3) is 0.545. The number of likely N-dealkylation sites (tertiary alicyclic amines) is 1. The Morgan fingerprint density at radius 2 is 1.93 bits per heavy atom. The number of benzene rings is 1. The lowest BCUT2D eigenvalue weighted by Gasteiger charge is -2.40. The van der Waals surface area contributed by atoms with Crippen molar-refractivity contribution in [3.63, 3.8) is 0 Å². The van der Waals surface area contributed by atoms with E-state index in [1.54, 1.807) is 16.7 Å². The van der Waals surface area contributed by atoms with Crippen LogP contribution in [0, 0.1) is 18.7 Å². The van der Waals surface area contributed by atoms with E-state index in [0.717, 1.165) is 43.7 Å². The van der Waals surface area contributed by atoms with Crippen LogP contribution in [-0.4, -0.2) is 49.7 Å². The van der Waals surface area contributed by atoms with E-state index in [-0.39, 0.29) is 17.3 Å². The van der Waals surface area contributed by atoms with Crippen LogP contribution in [0.3, 0.4) is 0 Å². The molecule has 0 saturated carbocycles. The summed E-state index contributed by atoms with van der Waals surface area (Å²) in [7, 11) is 0. The highest BCUT2D eigenvalue weighted by Gasteiger charge is 2.36. The molecule has 0 bridgehead atoms. The van der Waals surface area contributed by atoms with Crippen LogP contribution in [0.4, 0.5) is 4.39 Å². The zero-order chi connectivity index (χ0) is 21.5. The van der Waals surface area contributed by atoms with Crippen molar-refractivity contribution in [3.05, 3.63) is 57.3 Å². The molecule has 2 N–H and O–H groups in total. The van der Waals surface area contributed by atoms with Crippen LogP contribution in [0.2, 0.25) is 0 Å². The van der Waals surface area contributed by atoms with Gasteiger partial charge in [0.15, 0.2) is 5.16 Å². The molecule has 1 saturated heterocycles. The Balaban J connectivity index is 1.36. The molecule has 0 aliphatic carbocycles. The van der Waals surface area contributed by atoms with Crippen molar-refractivity contribution < 1.29 is 14.6 Å². The Morgan fingerprint density at radius 1 is 1.27 bits per heavy atom. The normalized spacial score (nSPS) is 22.1. The number of thioether (sulfide) groups is 1. The van der Waals surface area contributed by atoms with E-state index in [9.17, 15) is 19.4 Å². The van der Waals surface area contributed by atoms with E-state index < -0.39 is 11.0 Å². The molecule has 8 heteroatoms. The van der Waals surface area contributed by atoms with Crippen LogP contribution in [-0.2, 0) is 18.6 Å². The quantitative estimate of drug-likeness (QED) is 0.705. The number of aromatic nitrogens is 2. The van der Waals surface area contributed by atoms with Gasteiger partial charge in [-0.05, 0) is 69.8 Å². The molecule has 0 spiro atoms. The van der Waals surface area contributed by atoms with Crippen LogP contribution >= 0.6 is 11.8 Å².